The monoisotopic (exact) mass is 507 g/mol. The molecule has 190 valence electrons. The number of rotatable bonds is 8. The van der Waals surface area contributed by atoms with E-state index in [4.69, 9.17) is 4.74 Å². The molecule has 10 nitrogen and oxygen atoms in total. The molecule has 2 aliphatic heterocycles. The summed E-state index contributed by atoms with van der Waals surface area (Å²) in [5.74, 6) is -0.127. The summed E-state index contributed by atoms with van der Waals surface area (Å²) < 4.78 is 43.7. The molecule has 1 atom stereocenters. The number of amides is 1. The van der Waals surface area contributed by atoms with Crippen molar-refractivity contribution >= 4 is 34.4 Å². The maximum atomic E-state index is 15.3. The minimum Gasteiger partial charge on any atom is -0.461 e. The second kappa shape index (κ2) is 11.9. The molecule has 35 heavy (non-hydrogen) atoms. The number of halogens is 1. The first kappa shape index (κ1) is 26.3. The van der Waals surface area contributed by atoms with Gasteiger partial charge in [-0.25, -0.2) is 22.8 Å². The van der Waals surface area contributed by atoms with Crippen molar-refractivity contribution in [3.8, 4) is 0 Å². The van der Waals surface area contributed by atoms with Gasteiger partial charge in [-0.2, -0.15) is 0 Å². The molecule has 1 fully saturated rings. The minimum atomic E-state index is -3.02. The molecule has 0 bridgehead atoms. The quantitative estimate of drug-likeness (QED) is 0.489. The topological polar surface area (TPSA) is 121 Å². The first-order valence-corrected chi connectivity index (χ1v) is 13.1. The number of allylic oxidation sites excluding steroid dienone is 6. The van der Waals surface area contributed by atoms with Gasteiger partial charge in [0.15, 0.2) is 9.84 Å². The van der Waals surface area contributed by atoms with E-state index in [9.17, 15) is 18.0 Å². The van der Waals surface area contributed by atoms with Gasteiger partial charge in [-0.15, -0.1) is 0 Å². The molecule has 12 heteroatoms. The third-order valence-corrected chi connectivity index (χ3v) is 7.39. The summed E-state index contributed by atoms with van der Waals surface area (Å²) in [5.41, 5.74) is 1.72. The van der Waals surface area contributed by atoms with Crippen molar-refractivity contribution in [2.24, 2.45) is 9.98 Å². The first-order valence-electron chi connectivity index (χ1n) is 11.2. The predicted octanol–water partition coefficient (Wildman–Crippen LogP) is 1.11. The molecule has 1 amide bonds. The van der Waals surface area contributed by atoms with E-state index >= 15 is 4.39 Å². The maximum absolute atomic E-state index is 15.3. The lowest BCUT2D eigenvalue weighted by Gasteiger charge is -2.26. The van der Waals surface area contributed by atoms with E-state index in [1.54, 1.807) is 30.4 Å². The second-order valence-corrected chi connectivity index (χ2v) is 10.7. The van der Waals surface area contributed by atoms with Crippen molar-refractivity contribution in [1.82, 2.24) is 15.1 Å². The van der Waals surface area contributed by atoms with Crippen LogP contribution in [0.1, 0.15) is 19.8 Å². The third-order valence-electron chi connectivity index (χ3n) is 5.78. The van der Waals surface area contributed by atoms with Gasteiger partial charge >= 0.3 is 0 Å². The number of aliphatic imine (C=N–C) groups is 2. The molecular formula is C23H30FN5O5S. The van der Waals surface area contributed by atoms with Crippen molar-refractivity contribution < 1.29 is 27.1 Å². The lowest BCUT2D eigenvalue weighted by molar-refractivity contribution is -0.135. The lowest BCUT2D eigenvalue weighted by Crippen LogP contribution is -2.43. The summed E-state index contributed by atoms with van der Waals surface area (Å²) in [5, 5.41) is 2.62. The zero-order chi connectivity index (χ0) is 25.4. The second-order valence-electron chi connectivity index (χ2n) is 8.41. The maximum Gasteiger partial charge on any atom is 0.293 e. The number of nitrogens with one attached hydrogen (secondary N) is 1. The van der Waals surface area contributed by atoms with E-state index in [1.165, 1.54) is 13.0 Å². The van der Waals surface area contributed by atoms with E-state index in [1.807, 2.05) is 11.0 Å². The molecule has 3 aliphatic rings. The first-order chi connectivity index (χ1) is 16.7. The number of likely N-dealkylation sites (N-methyl/N-ethyl adjacent to an activating group) is 1. The van der Waals surface area contributed by atoms with Gasteiger partial charge in [-0.05, 0) is 11.6 Å². The summed E-state index contributed by atoms with van der Waals surface area (Å²) in [6.07, 6.45) is 8.47. The molecule has 0 aromatic carbocycles. The van der Waals surface area contributed by atoms with Gasteiger partial charge in [0.2, 0.25) is 11.9 Å². The van der Waals surface area contributed by atoms with Crippen LogP contribution in [0.25, 0.3) is 0 Å². The van der Waals surface area contributed by atoms with Crippen LogP contribution in [0.5, 0.6) is 0 Å². The fourth-order valence-corrected chi connectivity index (χ4v) is 5.00. The van der Waals surface area contributed by atoms with Gasteiger partial charge in [-0.3, -0.25) is 9.59 Å². The highest BCUT2D eigenvalue weighted by atomic mass is 32.2. The van der Waals surface area contributed by atoms with Crippen LogP contribution in [-0.4, -0.2) is 93.6 Å². The molecule has 1 N–H and O–H groups in total. The SMILES string of the molecule is CC(=O)NCC(CN(C)C1=CC(F)=C(C2=CN=C(N3CCS(=O)(=O)CC3)N=CC2)C=CC1)OC=O. The Kier molecular flexibility index (Phi) is 8.96. The van der Waals surface area contributed by atoms with Crippen LogP contribution in [-0.2, 0) is 24.2 Å². The molecule has 0 aromatic heterocycles. The minimum absolute atomic E-state index is 0.0608. The molecule has 1 unspecified atom stereocenters. The molecule has 3 rings (SSSR count). The Morgan fingerprint density at radius 2 is 2.09 bits per heavy atom. The summed E-state index contributed by atoms with van der Waals surface area (Å²) >= 11 is 0. The highest BCUT2D eigenvalue weighted by Gasteiger charge is 2.24. The standard InChI is InChI=1S/C23H30FN5O5S/c1-17(31)26-14-20(34-16-30)15-28(2)19-4-3-5-21(22(24)12-19)18-6-7-25-23(27-13-18)29-8-10-35(32,33)11-9-29/h3,5,7,12-13,16,20H,4,6,8-11,14-15H2,1-2H3,(H,26,31). The molecule has 0 radical (unpaired) electrons. The average molecular weight is 508 g/mol. The summed E-state index contributed by atoms with van der Waals surface area (Å²) in [7, 11) is -1.25. The summed E-state index contributed by atoms with van der Waals surface area (Å²) in [6, 6.07) is 0. The van der Waals surface area contributed by atoms with Gasteiger partial charge in [-0.1, -0.05) is 12.2 Å². The fraction of sp³-hybridized carbons (Fsp3) is 0.478. The number of hydrogen-bond acceptors (Lipinski definition) is 9. The van der Waals surface area contributed by atoms with Crippen LogP contribution in [0.15, 0.2) is 57.1 Å². The molecule has 0 spiro atoms. The summed E-state index contributed by atoms with van der Waals surface area (Å²) in [4.78, 5) is 34.4. The van der Waals surface area contributed by atoms with Crippen molar-refractivity contribution in [3.63, 3.8) is 0 Å². The van der Waals surface area contributed by atoms with Crippen molar-refractivity contribution in [2.45, 2.75) is 25.9 Å². The Labute approximate surface area is 204 Å². The van der Waals surface area contributed by atoms with Gasteiger partial charge in [0.25, 0.3) is 6.47 Å². The summed E-state index contributed by atoms with van der Waals surface area (Å²) in [6.45, 7) is 2.79. The van der Waals surface area contributed by atoms with Crippen LogP contribution in [0.4, 0.5) is 4.39 Å². The number of ether oxygens (including phenoxy) is 1. The molecule has 0 aromatic rings. The van der Waals surface area contributed by atoms with Gasteiger partial charge in [0.1, 0.15) is 11.9 Å². The molecule has 2 heterocycles. The van der Waals surface area contributed by atoms with Crippen LogP contribution < -0.4 is 5.32 Å². The number of guanidine groups is 1. The van der Waals surface area contributed by atoms with Crippen LogP contribution >= 0.6 is 0 Å². The molecular weight excluding hydrogens is 477 g/mol. The zero-order valence-corrected chi connectivity index (χ0v) is 20.6. The van der Waals surface area contributed by atoms with E-state index in [-0.39, 0.29) is 30.5 Å². The Bertz CT molecular complexity index is 1110. The zero-order valence-electron chi connectivity index (χ0n) is 19.8. The molecule has 0 saturated carbocycles. The lowest BCUT2D eigenvalue weighted by atomic mass is 10.0. The molecule has 1 aliphatic carbocycles. The van der Waals surface area contributed by atoms with E-state index in [0.717, 1.165) is 0 Å². The smallest absolute Gasteiger partial charge is 0.293 e. The number of carbonyl (C=O) groups excluding carboxylic acids is 2. The van der Waals surface area contributed by atoms with E-state index in [0.29, 0.717) is 55.2 Å². The Balaban J connectivity index is 1.74. The largest absolute Gasteiger partial charge is 0.461 e. The number of hydrogen-bond donors (Lipinski definition) is 1. The van der Waals surface area contributed by atoms with Crippen molar-refractivity contribution in [1.29, 1.82) is 0 Å². The van der Waals surface area contributed by atoms with Gasteiger partial charge in [0, 0.05) is 63.6 Å². The van der Waals surface area contributed by atoms with E-state index < -0.39 is 21.8 Å². The van der Waals surface area contributed by atoms with Crippen molar-refractivity contribution in [3.05, 3.63) is 47.1 Å². The fourth-order valence-electron chi connectivity index (χ4n) is 3.80. The Morgan fingerprint density at radius 3 is 2.77 bits per heavy atom. The van der Waals surface area contributed by atoms with Gasteiger partial charge in [0.05, 0.1) is 24.6 Å². The number of nitrogens with zero attached hydrogens (tertiary/aromatic N) is 4. The van der Waals surface area contributed by atoms with Crippen LogP contribution in [0, 0.1) is 0 Å². The third kappa shape index (κ3) is 7.61. The normalized spacial score (nSPS) is 20.7. The Hall–Kier alpha value is -3.28. The molecule has 1 saturated heterocycles. The Morgan fingerprint density at radius 1 is 1.34 bits per heavy atom. The van der Waals surface area contributed by atoms with Crippen LogP contribution in [0.3, 0.4) is 0 Å². The van der Waals surface area contributed by atoms with Crippen molar-refractivity contribution in [2.75, 3.05) is 44.7 Å². The van der Waals surface area contributed by atoms with E-state index in [2.05, 4.69) is 15.3 Å². The number of carbonyl (C=O) groups is 2. The number of sulfone groups is 1. The van der Waals surface area contributed by atoms with Crippen LogP contribution in [0.2, 0.25) is 0 Å². The average Bonchev–Trinajstić information content (AvgIpc) is 3.16. The predicted molar refractivity (Wildman–Crippen MR) is 131 cm³/mol. The highest BCUT2D eigenvalue weighted by Crippen LogP contribution is 2.28. The highest BCUT2D eigenvalue weighted by molar-refractivity contribution is 7.91. The van der Waals surface area contributed by atoms with Gasteiger partial charge < -0.3 is 19.9 Å².